The second-order valence-electron chi connectivity index (χ2n) is 6.73. The van der Waals surface area contributed by atoms with Crippen molar-refractivity contribution in [3.63, 3.8) is 0 Å². The number of thiophene rings is 1. The molecule has 0 aliphatic carbocycles. The van der Waals surface area contributed by atoms with E-state index in [1.807, 2.05) is 39.0 Å². The van der Waals surface area contributed by atoms with Gasteiger partial charge in [-0.2, -0.15) is 0 Å². The lowest BCUT2D eigenvalue weighted by Gasteiger charge is -2.26. The summed E-state index contributed by atoms with van der Waals surface area (Å²) in [6.07, 6.45) is 4.47. The summed E-state index contributed by atoms with van der Waals surface area (Å²) in [5.41, 5.74) is -0.578. The summed E-state index contributed by atoms with van der Waals surface area (Å²) in [7, 11) is 1.34. The smallest absolute Gasteiger partial charge is 0.348 e. The minimum absolute atomic E-state index is 0.0538. The molecule has 25 heavy (non-hydrogen) atoms. The first kappa shape index (κ1) is 19.2. The molecule has 1 aromatic rings. The summed E-state index contributed by atoms with van der Waals surface area (Å²) in [6, 6.07) is 2.97. The average Bonchev–Trinajstić information content (AvgIpc) is 3.12. The molecule has 2 heterocycles. The van der Waals surface area contributed by atoms with Gasteiger partial charge in [0.2, 0.25) is 5.91 Å². The van der Waals surface area contributed by atoms with Crippen molar-refractivity contribution in [1.82, 2.24) is 4.90 Å². The summed E-state index contributed by atoms with van der Waals surface area (Å²) in [4.78, 5) is 38.7. The summed E-state index contributed by atoms with van der Waals surface area (Å²) in [5, 5.41) is 0. The Kier molecular flexibility index (Phi) is 6.00. The van der Waals surface area contributed by atoms with Crippen LogP contribution in [0.2, 0.25) is 0 Å². The molecular weight excluding hydrogens is 342 g/mol. The summed E-state index contributed by atoms with van der Waals surface area (Å²) in [5.74, 6) is -0.790. The van der Waals surface area contributed by atoms with E-state index in [2.05, 4.69) is 4.74 Å². The van der Waals surface area contributed by atoms with E-state index in [9.17, 15) is 14.4 Å². The fourth-order valence-corrected chi connectivity index (χ4v) is 3.37. The Balaban J connectivity index is 1.99. The summed E-state index contributed by atoms with van der Waals surface area (Å²) >= 11 is 1.31. The van der Waals surface area contributed by atoms with E-state index in [4.69, 9.17) is 4.74 Å². The van der Waals surface area contributed by atoms with E-state index in [1.54, 1.807) is 11.0 Å². The van der Waals surface area contributed by atoms with Gasteiger partial charge in [0.15, 0.2) is 0 Å². The molecule has 0 spiro atoms. The third kappa shape index (κ3) is 5.16. The molecule has 136 valence electrons. The van der Waals surface area contributed by atoms with Crippen LogP contribution in [0, 0.1) is 0 Å². The van der Waals surface area contributed by atoms with Gasteiger partial charge in [0, 0.05) is 17.8 Å². The van der Waals surface area contributed by atoms with Crippen LogP contribution < -0.4 is 0 Å². The van der Waals surface area contributed by atoms with Crippen LogP contribution in [0.4, 0.5) is 0 Å². The highest BCUT2D eigenvalue weighted by atomic mass is 32.1. The Bertz CT molecular complexity index is 686. The molecule has 0 saturated carbocycles. The SMILES string of the molecule is COC(=O)c1ccc(/C=C/CN2C(=O)CCC2C(=O)OC(C)(C)C)s1. The zero-order valence-corrected chi connectivity index (χ0v) is 15.7. The standard InChI is InChI=1S/C18H23NO5S/c1-18(2,3)24-16(21)13-8-10-15(20)19(13)11-5-6-12-7-9-14(25-12)17(22)23-4/h5-7,9,13H,8,10-11H2,1-4H3/b6-5+. The van der Waals surface area contributed by atoms with Crippen molar-refractivity contribution in [2.24, 2.45) is 0 Å². The number of carbonyl (C=O) groups is 3. The topological polar surface area (TPSA) is 72.9 Å². The Labute approximate surface area is 151 Å². The van der Waals surface area contributed by atoms with E-state index in [0.29, 0.717) is 24.3 Å². The summed E-state index contributed by atoms with van der Waals surface area (Å²) in [6.45, 7) is 5.75. The number of methoxy groups -OCH3 is 1. The molecule has 2 rings (SSSR count). The average molecular weight is 365 g/mol. The molecule has 1 unspecified atom stereocenters. The summed E-state index contributed by atoms with van der Waals surface area (Å²) < 4.78 is 10.1. The number of hydrogen-bond donors (Lipinski definition) is 0. The number of hydrogen-bond acceptors (Lipinski definition) is 6. The molecule has 0 aromatic carbocycles. The van der Waals surface area contributed by atoms with Crippen molar-refractivity contribution < 1.29 is 23.9 Å². The van der Waals surface area contributed by atoms with E-state index in [-0.39, 0.29) is 17.8 Å². The van der Waals surface area contributed by atoms with E-state index < -0.39 is 11.6 Å². The number of likely N-dealkylation sites (tertiary alicyclic amines) is 1. The van der Waals surface area contributed by atoms with Crippen LogP contribution in [0.3, 0.4) is 0 Å². The van der Waals surface area contributed by atoms with Crippen LogP contribution in [0.25, 0.3) is 6.08 Å². The van der Waals surface area contributed by atoms with Crippen molar-refractivity contribution in [2.75, 3.05) is 13.7 Å². The lowest BCUT2D eigenvalue weighted by atomic mass is 10.1. The zero-order chi connectivity index (χ0) is 18.6. The molecule has 1 fully saturated rings. The molecule has 7 heteroatoms. The van der Waals surface area contributed by atoms with Crippen molar-refractivity contribution >= 4 is 35.3 Å². The highest BCUT2D eigenvalue weighted by Crippen LogP contribution is 2.23. The van der Waals surface area contributed by atoms with Gasteiger partial charge in [-0.05, 0) is 45.4 Å². The van der Waals surface area contributed by atoms with Gasteiger partial charge in [-0.25, -0.2) is 9.59 Å². The third-order valence-corrected chi connectivity index (χ3v) is 4.64. The Morgan fingerprint density at radius 2 is 2.08 bits per heavy atom. The van der Waals surface area contributed by atoms with Crippen molar-refractivity contribution in [2.45, 2.75) is 45.3 Å². The monoisotopic (exact) mass is 365 g/mol. The van der Waals surface area contributed by atoms with Gasteiger partial charge in [-0.3, -0.25) is 4.79 Å². The molecule has 1 aliphatic heterocycles. The van der Waals surface area contributed by atoms with Crippen molar-refractivity contribution in [3.8, 4) is 0 Å². The first-order chi connectivity index (χ1) is 11.7. The Morgan fingerprint density at radius 3 is 2.72 bits per heavy atom. The highest BCUT2D eigenvalue weighted by Gasteiger charge is 2.37. The van der Waals surface area contributed by atoms with E-state index >= 15 is 0 Å². The predicted molar refractivity (Wildman–Crippen MR) is 95.3 cm³/mol. The minimum Gasteiger partial charge on any atom is -0.465 e. The molecule has 1 amide bonds. The van der Waals surface area contributed by atoms with Gasteiger partial charge in [0.1, 0.15) is 16.5 Å². The fraction of sp³-hybridized carbons (Fsp3) is 0.500. The Morgan fingerprint density at radius 1 is 1.36 bits per heavy atom. The Hall–Kier alpha value is -2.15. The molecule has 1 aromatic heterocycles. The maximum atomic E-state index is 12.3. The van der Waals surface area contributed by atoms with E-state index in [0.717, 1.165) is 4.88 Å². The minimum atomic E-state index is -0.578. The number of esters is 2. The maximum absolute atomic E-state index is 12.3. The first-order valence-corrected chi connectivity index (χ1v) is 8.90. The molecule has 0 bridgehead atoms. The number of rotatable bonds is 5. The first-order valence-electron chi connectivity index (χ1n) is 8.08. The van der Waals surface area contributed by atoms with Gasteiger partial charge < -0.3 is 14.4 Å². The predicted octanol–water partition coefficient (Wildman–Crippen LogP) is 2.88. The van der Waals surface area contributed by atoms with Gasteiger partial charge >= 0.3 is 11.9 Å². The lowest BCUT2D eigenvalue weighted by Crippen LogP contribution is -2.42. The van der Waals surface area contributed by atoms with Gasteiger partial charge in [0.25, 0.3) is 0 Å². The zero-order valence-electron chi connectivity index (χ0n) is 14.9. The van der Waals surface area contributed by atoms with Crippen LogP contribution in [0.5, 0.6) is 0 Å². The highest BCUT2D eigenvalue weighted by molar-refractivity contribution is 7.14. The number of carbonyl (C=O) groups excluding carboxylic acids is 3. The largest absolute Gasteiger partial charge is 0.465 e. The van der Waals surface area contributed by atoms with Crippen molar-refractivity contribution in [1.29, 1.82) is 0 Å². The third-order valence-electron chi connectivity index (χ3n) is 3.60. The van der Waals surface area contributed by atoms with Crippen LogP contribution in [0.1, 0.15) is 48.2 Å². The molecule has 0 N–H and O–H groups in total. The fourth-order valence-electron chi connectivity index (χ4n) is 2.51. The van der Waals surface area contributed by atoms with Crippen LogP contribution in [-0.4, -0.2) is 48.0 Å². The van der Waals surface area contributed by atoms with Crippen LogP contribution in [0.15, 0.2) is 18.2 Å². The second kappa shape index (κ2) is 7.82. The number of amides is 1. The molecule has 1 atom stereocenters. The molecule has 1 saturated heterocycles. The molecular formula is C18H23NO5S. The van der Waals surface area contributed by atoms with Gasteiger partial charge in [0.05, 0.1) is 7.11 Å². The number of ether oxygens (including phenoxy) is 2. The quantitative estimate of drug-likeness (QED) is 0.750. The van der Waals surface area contributed by atoms with Crippen molar-refractivity contribution in [3.05, 3.63) is 28.0 Å². The van der Waals surface area contributed by atoms with Crippen LogP contribution in [-0.2, 0) is 19.1 Å². The molecule has 6 nitrogen and oxygen atoms in total. The van der Waals surface area contributed by atoms with E-state index in [1.165, 1.54) is 18.4 Å². The normalized spacial score (nSPS) is 18.0. The van der Waals surface area contributed by atoms with Gasteiger partial charge in [-0.1, -0.05) is 6.08 Å². The van der Waals surface area contributed by atoms with Gasteiger partial charge in [-0.15, -0.1) is 11.3 Å². The lowest BCUT2D eigenvalue weighted by molar-refractivity contribution is -0.161. The second-order valence-corrected chi connectivity index (χ2v) is 7.85. The maximum Gasteiger partial charge on any atom is 0.348 e. The van der Waals surface area contributed by atoms with Crippen LogP contribution >= 0.6 is 11.3 Å². The molecule has 1 aliphatic rings. The molecule has 0 radical (unpaired) electrons. The number of nitrogens with zero attached hydrogens (tertiary/aromatic N) is 1.